The van der Waals surface area contributed by atoms with Crippen molar-refractivity contribution >= 4 is 44.2 Å². The number of nitrogens with zero attached hydrogens (tertiary/aromatic N) is 1. The van der Waals surface area contributed by atoms with Crippen molar-refractivity contribution in [3.05, 3.63) is 94.9 Å². The summed E-state index contributed by atoms with van der Waals surface area (Å²) >= 11 is 3.39. The van der Waals surface area contributed by atoms with E-state index in [9.17, 15) is 9.59 Å². The summed E-state index contributed by atoms with van der Waals surface area (Å²) < 4.78 is 12.0. The third kappa shape index (κ3) is 3.80. The first kappa shape index (κ1) is 20.1. The van der Waals surface area contributed by atoms with Crippen LogP contribution in [0.1, 0.15) is 22.3 Å². The number of fused-ring (bicyclic) bond motifs is 2. The summed E-state index contributed by atoms with van der Waals surface area (Å²) in [5.74, 6) is 0.253. The fourth-order valence-electron chi connectivity index (χ4n) is 3.67. The highest BCUT2D eigenvalue weighted by molar-refractivity contribution is 9.10. The zero-order chi connectivity index (χ0) is 22.1. The minimum atomic E-state index is -0.701. The number of carbonyl (C=O) groups is 2. The van der Waals surface area contributed by atoms with Crippen molar-refractivity contribution in [2.24, 2.45) is 0 Å². The van der Waals surface area contributed by atoms with Gasteiger partial charge >= 0.3 is 0 Å². The van der Waals surface area contributed by atoms with Crippen molar-refractivity contribution in [1.29, 1.82) is 0 Å². The van der Waals surface area contributed by atoms with Gasteiger partial charge in [0.1, 0.15) is 11.5 Å². The number of ether oxygens (including phenoxy) is 1. The number of amides is 2. The largest absolute Gasteiger partial charge is 0.483 e. The first-order chi connectivity index (χ1) is 15.6. The number of hydrogen-bond acceptors (Lipinski definition) is 5. The van der Waals surface area contributed by atoms with Gasteiger partial charge in [0.15, 0.2) is 12.8 Å². The molecule has 0 radical (unpaired) electrons. The zero-order valence-corrected chi connectivity index (χ0v) is 18.3. The van der Waals surface area contributed by atoms with Gasteiger partial charge in [0.2, 0.25) is 0 Å². The minimum absolute atomic E-state index is 0.256. The van der Waals surface area contributed by atoms with Crippen LogP contribution in [0.25, 0.3) is 10.8 Å². The second kappa shape index (κ2) is 8.39. The molecule has 7 nitrogen and oxygen atoms in total. The molecule has 8 heteroatoms. The van der Waals surface area contributed by atoms with Crippen LogP contribution >= 0.6 is 15.9 Å². The number of nitrogens with one attached hydrogen (secondary N) is 2. The lowest BCUT2D eigenvalue weighted by atomic mass is 10.1. The molecule has 0 aliphatic carbocycles. The van der Waals surface area contributed by atoms with Crippen LogP contribution in [-0.2, 0) is 4.79 Å². The van der Waals surface area contributed by atoms with Crippen molar-refractivity contribution < 1.29 is 18.7 Å². The molecular weight excluding hydrogens is 474 g/mol. The molecule has 160 valence electrons. The normalized spacial score (nSPS) is 15.2. The summed E-state index contributed by atoms with van der Waals surface area (Å²) in [6, 6.07) is 22.2. The second-order valence-electron chi connectivity index (χ2n) is 7.23. The molecule has 3 aromatic carbocycles. The van der Waals surface area contributed by atoms with Crippen molar-refractivity contribution in [3.63, 3.8) is 0 Å². The monoisotopic (exact) mass is 491 g/mol. The van der Waals surface area contributed by atoms with E-state index in [1.54, 1.807) is 24.3 Å². The molecule has 5 rings (SSSR count). The van der Waals surface area contributed by atoms with Crippen molar-refractivity contribution in [2.45, 2.75) is 6.17 Å². The van der Waals surface area contributed by atoms with Gasteiger partial charge in [-0.2, -0.15) is 0 Å². The number of hydrogen-bond donors (Lipinski definition) is 2. The number of furan rings is 1. The Kier molecular flexibility index (Phi) is 5.28. The maximum absolute atomic E-state index is 13.2. The lowest BCUT2D eigenvalue weighted by Gasteiger charge is -2.36. The molecule has 1 atom stereocenters. The molecule has 4 aromatic rings. The third-order valence-corrected chi connectivity index (χ3v) is 5.64. The smallest absolute Gasteiger partial charge is 0.276 e. The van der Waals surface area contributed by atoms with Crippen LogP contribution in [0.3, 0.4) is 0 Å². The summed E-state index contributed by atoms with van der Waals surface area (Å²) in [5.41, 5.74) is 3.75. The molecule has 2 heterocycles. The van der Waals surface area contributed by atoms with Crippen LogP contribution in [0.4, 0.5) is 5.69 Å². The van der Waals surface area contributed by atoms with Gasteiger partial charge in [-0.25, -0.2) is 5.01 Å². The Morgan fingerprint density at radius 1 is 1.09 bits per heavy atom. The second-order valence-corrected chi connectivity index (χ2v) is 8.14. The van der Waals surface area contributed by atoms with Gasteiger partial charge in [0.05, 0.1) is 11.8 Å². The van der Waals surface area contributed by atoms with E-state index in [-0.39, 0.29) is 12.5 Å². The van der Waals surface area contributed by atoms with Crippen LogP contribution < -0.4 is 15.5 Å². The molecule has 1 aliphatic heterocycles. The predicted molar refractivity (Wildman–Crippen MR) is 123 cm³/mol. The summed E-state index contributed by atoms with van der Waals surface area (Å²) in [4.78, 5) is 26.0. The van der Waals surface area contributed by atoms with E-state index in [4.69, 9.17) is 9.15 Å². The molecule has 2 N–H and O–H groups in total. The fraction of sp³-hybridized carbons (Fsp3) is 0.0833. The van der Waals surface area contributed by atoms with Crippen molar-refractivity contribution in [3.8, 4) is 5.75 Å². The number of anilines is 1. The zero-order valence-electron chi connectivity index (χ0n) is 16.7. The van der Waals surface area contributed by atoms with E-state index in [0.717, 1.165) is 15.2 Å². The van der Waals surface area contributed by atoms with E-state index in [0.29, 0.717) is 22.8 Å². The highest BCUT2D eigenvalue weighted by atomic mass is 79.9. The number of rotatable bonds is 5. The molecular formula is C24H18BrN3O4. The standard InChI is InChI=1S/C24H18BrN3O4/c25-16-10-11-19-18(13-16)24(30)28(23(26-19)21-9-4-12-31-21)27-22(29)14-32-20-8-3-6-15-5-1-2-7-17(15)20/h1-13,23,26H,14H2,(H,27,29). The summed E-state index contributed by atoms with van der Waals surface area (Å²) in [7, 11) is 0. The van der Waals surface area contributed by atoms with Crippen molar-refractivity contribution in [1.82, 2.24) is 10.4 Å². The van der Waals surface area contributed by atoms with Crippen LogP contribution in [0.5, 0.6) is 5.75 Å². The Hall–Kier alpha value is -3.78. The van der Waals surface area contributed by atoms with E-state index in [1.165, 1.54) is 11.3 Å². The highest BCUT2D eigenvalue weighted by Crippen LogP contribution is 2.33. The number of carbonyl (C=O) groups excluding carboxylic acids is 2. The molecule has 1 aromatic heterocycles. The summed E-state index contributed by atoms with van der Waals surface area (Å²) in [6.45, 7) is -0.256. The number of benzene rings is 3. The lowest BCUT2D eigenvalue weighted by Crippen LogP contribution is -2.53. The Labute approximate surface area is 192 Å². The maximum Gasteiger partial charge on any atom is 0.276 e. The van der Waals surface area contributed by atoms with Gasteiger partial charge in [0, 0.05) is 15.5 Å². The first-order valence-electron chi connectivity index (χ1n) is 9.93. The molecule has 0 spiro atoms. The number of halogens is 1. The topological polar surface area (TPSA) is 83.8 Å². The van der Waals surface area contributed by atoms with Crippen molar-refractivity contribution in [2.75, 3.05) is 11.9 Å². The van der Waals surface area contributed by atoms with E-state index < -0.39 is 12.1 Å². The summed E-state index contributed by atoms with van der Waals surface area (Å²) in [6.07, 6.45) is 0.815. The van der Waals surface area contributed by atoms with E-state index in [2.05, 4.69) is 26.7 Å². The average molecular weight is 492 g/mol. The minimum Gasteiger partial charge on any atom is -0.483 e. The molecule has 2 amide bonds. The van der Waals surface area contributed by atoms with Gasteiger partial charge in [-0.1, -0.05) is 52.3 Å². The average Bonchev–Trinajstić information content (AvgIpc) is 3.34. The van der Waals surface area contributed by atoms with Crippen LogP contribution in [0.2, 0.25) is 0 Å². The van der Waals surface area contributed by atoms with Gasteiger partial charge in [-0.05, 0) is 41.8 Å². The SMILES string of the molecule is O=C(COc1cccc2ccccc12)NN1C(=O)c2cc(Br)ccc2NC1c1ccco1. The van der Waals surface area contributed by atoms with Gasteiger partial charge in [-0.3, -0.25) is 15.0 Å². The Morgan fingerprint density at radius 2 is 1.94 bits per heavy atom. The Balaban J connectivity index is 1.37. The lowest BCUT2D eigenvalue weighted by molar-refractivity contribution is -0.127. The predicted octanol–water partition coefficient (Wildman–Crippen LogP) is 4.87. The van der Waals surface area contributed by atoms with Gasteiger partial charge in [0.25, 0.3) is 11.8 Å². The number of hydrazine groups is 1. The van der Waals surface area contributed by atoms with E-state index >= 15 is 0 Å². The van der Waals surface area contributed by atoms with Crippen LogP contribution in [-0.4, -0.2) is 23.4 Å². The molecule has 0 fully saturated rings. The van der Waals surface area contributed by atoms with E-state index in [1.807, 2.05) is 48.5 Å². The maximum atomic E-state index is 13.2. The van der Waals surface area contributed by atoms with Gasteiger partial charge < -0.3 is 14.5 Å². The molecule has 0 bridgehead atoms. The molecule has 0 saturated carbocycles. The van der Waals surface area contributed by atoms with Crippen LogP contribution in [0.15, 0.2) is 87.9 Å². The Morgan fingerprint density at radius 3 is 2.78 bits per heavy atom. The van der Waals surface area contributed by atoms with Gasteiger partial charge in [-0.15, -0.1) is 0 Å². The molecule has 1 aliphatic rings. The first-order valence-corrected chi connectivity index (χ1v) is 10.7. The molecule has 0 saturated heterocycles. The fourth-order valence-corrected chi connectivity index (χ4v) is 4.03. The quantitative estimate of drug-likeness (QED) is 0.415. The van der Waals surface area contributed by atoms with Crippen LogP contribution in [0, 0.1) is 0 Å². The molecule has 1 unspecified atom stereocenters. The molecule has 32 heavy (non-hydrogen) atoms. The highest BCUT2D eigenvalue weighted by Gasteiger charge is 2.36. The summed E-state index contributed by atoms with van der Waals surface area (Å²) in [5, 5.41) is 6.39. The Bertz CT molecular complexity index is 1300. The third-order valence-electron chi connectivity index (χ3n) is 5.15.